The maximum absolute atomic E-state index is 11.5. The minimum Gasteiger partial charge on any atom is -0.376 e. The van der Waals surface area contributed by atoms with E-state index < -0.39 is 0 Å². The average Bonchev–Trinajstić information content (AvgIpc) is 2.80. The minimum atomic E-state index is 0.0373. The predicted octanol–water partition coefficient (Wildman–Crippen LogP) is 0.930. The topological polar surface area (TPSA) is 58.6 Å². The fourth-order valence-electron chi connectivity index (χ4n) is 2.06. The normalized spacial score (nSPS) is 18.7. The van der Waals surface area contributed by atoms with E-state index in [1.54, 1.807) is 11.8 Å². The van der Waals surface area contributed by atoms with Crippen LogP contribution < -0.4 is 5.32 Å². The van der Waals surface area contributed by atoms with Crippen molar-refractivity contribution in [2.24, 2.45) is 0 Å². The predicted molar refractivity (Wildman–Crippen MR) is 69.1 cm³/mol. The molecule has 1 aliphatic heterocycles. The van der Waals surface area contributed by atoms with Crippen molar-refractivity contribution in [3.63, 3.8) is 0 Å². The summed E-state index contributed by atoms with van der Waals surface area (Å²) in [6.45, 7) is 6.04. The molecule has 0 spiro atoms. The molecule has 1 fully saturated rings. The molecular formula is C13H24N2O3. The van der Waals surface area contributed by atoms with E-state index >= 15 is 0 Å². The van der Waals surface area contributed by atoms with E-state index in [4.69, 9.17) is 4.74 Å². The summed E-state index contributed by atoms with van der Waals surface area (Å²) in [5.74, 6) is 0.0911. The van der Waals surface area contributed by atoms with Crippen molar-refractivity contribution < 1.29 is 14.3 Å². The Balaban J connectivity index is 2.25. The molecule has 0 radical (unpaired) electrons. The fourth-order valence-corrected chi connectivity index (χ4v) is 2.06. The molecule has 5 heteroatoms. The van der Waals surface area contributed by atoms with Crippen molar-refractivity contribution >= 4 is 11.8 Å². The molecule has 1 rings (SSSR count). The Morgan fingerprint density at radius 1 is 1.44 bits per heavy atom. The van der Waals surface area contributed by atoms with E-state index in [1.807, 2.05) is 6.92 Å². The molecule has 0 aromatic rings. The molecule has 0 bridgehead atoms. The van der Waals surface area contributed by atoms with Crippen molar-refractivity contribution in [3.8, 4) is 0 Å². The Bertz CT molecular complexity index is 275. The van der Waals surface area contributed by atoms with Gasteiger partial charge in [-0.25, -0.2) is 0 Å². The van der Waals surface area contributed by atoms with Gasteiger partial charge in [0, 0.05) is 39.6 Å². The number of carbonyl (C=O) groups is 2. The summed E-state index contributed by atoms with van der Waals surface area (Å²) in [7, 11) is 0. The molecule has 2 amide bonds. The number of hydrogen-bond donors (Lipinski definition) is 1. The monoisotopic (exact) mass is 256 g/mol. The molecule has 0 aromatic carbocycles. The van der Waals surface area contributed by atoms with Gasteiger partial charge in [-0.1, -0.05) is 6.92 Å². The van der Waals surface area contributed by atoms with Crippen LogP contribution in [0.1, 0.15) is 39.5 Å². The first-order chi connectivity index (χ1) is 8.63. The molecule has 1 unspecified atom stereocenters. The third kappa shape index (κ3) is 5.49. The molecule has 1 heterocycles. The maximum atomic E-state index is 11.5. The maximum Gasteiger partial charge on any atom is 0.220 e. The largest absolute Gasteiger partial charge is 0.376 e. The summed E-state index contributed by atoms with van der Waals surface area (Å²) in [6.07, 6.45) is 3.65. The van der Waals surface area contributed by atoms with Gasteiger partial charge >= 0.3 is 0 Å². The van der Waals surface area contributed by atoms with Crippen molar-refractivity contribution in [2.45, 2.75) is 45.6 Å². The van der Waals surface area contributed by atoms with Crippen LogP contribution in [0.25, 0.3) is 0 Å². The highest BCUT2D eigenvalue weighted by molar-refractivity contribution is 5.76. The number of nitrogens with one attached hydrogen (secondary N) is 1. The summed E-state index contributed by atoms with van der Waals surface area (Å²) < 4.78 is 5.52. The smallest absolute Gasteiger partial charge is 0.220 e. The second kappa shape index (κ2) is 8.08. The minimum absolute atomic E-state index is 0.0373. The van der Waals surface area contributed by atoms with Gasteiger partial charge < -0.3 is 15.0 Å². The summed E-state index contributed by atoms with van der Waals surface area (Å²) in [5, 5.41) is 2.82. The molecule has 0 saturated carbocycles. The molecular weight excluding hydrogens is 232 g/mol. The Morgan fingerprint density at radius 2 is 2.22 bits per heavy atom. The van der Waals surface area contributed by atoms with Gasteiger partial charge in [0.25, 0.3) is 0 Å². The number of carbonyl (C=O) groups excluding carboxylic acids is 2. The highest BCUT2D eigenvalue weighted by Gasteiger charge is 2.20. The van der Waals surface area contributed by atoms with Gasteiger partial charge in [0.1, 0.15) is 0 Å². The summed E-state index contributed by atoms with van der Waals surface area (Å²) in [6, 6.07) is 0. The zero-order valence-electron chi connectivity index (χ0n) is 11.4. The van der Waals surface area contributed by atoms with E-state index in [0.29, 0.717) is 26.1 Å². The van der Waals surface area contributed by atoms with E-state index in [0.717, 1.165) is 25.9 Å². The SMILES string of the molecule is CCCC(=O)NCCN(CC1CCCO1)C(C)=O. The summed E-state index contributed by atoms with van der Waals surface area (Å²) in [4.78, 5) is 24.5. The molecule has 0 aliphatic carbocycles. The highest BCUT2D eigenvalue weighted by Crippen LogP contribution is 2.13. The van der Waals surface area contributed by atoms with Gasteiger partial charge in [-0.05, 0) is 19.3 Å². The quantitative estimate of drug-likeness (QED) is 0.737. The van der Waals surface area contributed by atoms with Crippen LogP contribution in [0.3, 0.4) is 0 Å². The van der Waals surface area contributed by atoms with Crippen LogP contribution in [-0.2, 0) is 14.3 Å². The first-order valence-electron chi connectivity index (χ1n) is 6.77. The van der Waals surface area contributed by atoms with E-state index in [2.05, 4.69) is 5.32 Å². The Hall–Kier alpha value is -1.10. The standard InChI is InChI=1S/C13H24N2O3/c1-3-5-13(17)14-7-8-15(11(2)16)10-12-6-4-9-18-12/h12H,3-10H2,1-2H3,(H,14,17). The van der Waals surface area contributed by atoms with Crippen molar-refractivity contribution in [1.29, 1.82) is 0 Å². The highest BCUT2D eigenvalue weighted by atomic mass is 16.5. The molecule has 18 heavy (non-hydrogen) atoms. The molecule has 104 valence electrons. The zero-order chi connectivity index (χ0) is 13.4. The summed E-state index contributed by atoms with van der Waals surface area (Å²) >= 11 is 0. The number of nitrogens with zero attached hydrogens (tertiary/aromatic N) is 1. The number of ether oxygens (including phenoxy) is 1. The molecule has 1 aliphatic rings. The summed E-state index contributed by atoms with van der Waals surface area (Å²) in [5.41, 5.74) is 0. The van der Waals surface area contributed by atoms with Crippen LogP contribution in [0.15, 0.2) is 0 Å². The number of hydrogen-bond acceptors (Lipinski definition) is 3. The van der Waals surface area contributed by atoms with Crippen molar-refractivity contribution in [2.75, 3.05) is 26.2 Å². The van der Waals surface area contributed by atoms with Crippen molar-refractivity contribution in [3.05, 3.63) is 0 Å². The van der Waals surface area contributed by atoms with Crippen LogP contribution in [0.2, 0.25) is 0 Å². The van der Waals surface area contributed by atoms with Crippen LogP contribution in [0.5, 0.6) is 0 Å². The van der Waals surface area contributed by atoms with E-state index in [9.17, 15) is 9.59 Å². The molecule has 1 atom stereocenters. The van der Waals surface area contributed by atoms with Gasteiger partial charge in [-0.15, -0.1) is 0 Å². The first-order valence-corrected chi connectivity index (χ1v) is 6.77. The first kappa shape index (κ1) is 15.0. The number of amides is 2. The van der Waals surface area contributed by atoms with E-state index in [-0.39, 0.29) is 17.9 Å². The molecule has 1 saturated heterocycles. The van der Waals surface area contributed by atoms with Gasteiger partial charge in [0.2, 0.25) is 11.8 Å². The van der Waals surface area contributed by atoms with Crippen LogP contribution >= 0.6 is 0 Å². The Labute approximate surface area is 109 Å². The third-order valence-corrected chi connectivity index (χ3v) is 3.07. The van der Waals surface area contributed by atoms with Gasteiger partial charge in [-0.2, -0.15) is 0 Å². The average molecular weight is 256 g/mol. The van der Waals surface area contributed by atoms with Gasteiger partial charge in [0.15, 0.2) is 0 Å². The van der Waals surface area contributed by atoms with E-state index in [1.165, 1.54) is 0 Å². The third-order valence-electron chi connectivity index (χ3n) is 3.07. The molecule has 5 nitrogen and oxygen atoms in total. The van der Waals surface area contributed by atoms with Crippen LogP contribution in [0.4, 0.5) is 0 Å². The second-order valence-corrected chi connectivity index (χ2v) is 4.70. The lowest BCUT2D eigenvalue weighted by Gasteiger charge is -2.24. The lowest BCUT2D eigenvalue weighted by molar-refractivity contribution is -0.131. The lowest BCUT2D eigenvalue weighted by atomic mass is 10.2. The Morgan fingerprint density at radius 3 is 2.78 bits per heavy atom. The molecule has 1 N–H and O–H groups in total. The zero-order valence-corrected chi connectivity index (χ0v) is 11.4. The Kier molecular flexibility index (Phi) is 6.72. The molecule has 0 aromatic heterocycles. The fraction of sp³-hybridized carbons (Fsp3) is 0.846. The van der Waals surface area contributed by atoms with Gasteiger partial charge in [-0.3, -0.25) is 9.59 Å². The van der Waals surface area contributed by atoms with Gasteiger partial charge in [0.05, 0.1) is 6.10 Å². The lowest BCUT2D eigenvalue weighted by Crippen LogP contribution is -2.41. The van der Waals surface area contributed by atoms with Crippen molar-refractivity contribution in [1.82, 2.24) is 10.2 Å². The van der Waals surface area contributed by atoms with Crippen LogP contribution in [-0.4, -0.2) is 49.1 Å². The second-order valence-electron chi connectivity index (χ2n) is 4.70. The number of rotatable bonds is 7. The van der Waals surface area contributed by atoms with Crippen LogP contribution in [0, 0.1) is 0 Å².